The molecule has 0 unspecified atom stereocenters. The van der Waals surface area contributed by atoms with Gasteiger partial charge in [0.05, 0.1) is 14.2 Å². The van der Waals surface area contributed by atoms with E-state index in [2.05, 4.69) is 71.5 Å². The van der Waals surface area contributed by atoms with Crippen LogP contribution in [0.5, 0.6) is 0 Å². The maximum atomic E-state index is 10.7. The fraction of sp³-hybridized carbons (Fsp3) is 0.600. The summed E-state index contributed by atoms with van der Waals surface area (Å²) >= 11 is 0. The topological polar surface area (TPSA) is 20.2 Å². The van der Waals surface area contributed by atoms with Crippen LogP contribution >= 0.6 is 0 Å². The summed E-state index contributed by atoms with van der Waals surface area (Å²) in [5.74, 6) is 0.288. The summed E-state index contributed by atoms with van der Waals surface area (Å²) in [7, 11) is -1.60. The van der Waals surface area contributed by atoms with Gasteiger partial charge < -0.3 is 5.11 Å². The summed E-state index contributed by atoms with van der Waals surface area (Å²) in [6.45, 7) is 15.9. The number of aliphatic hydroxyl groups is 1. The normalized spacial score (nSPS) is 28.1. The molecule has 0 aromatic heterocycles. The smallest absolute Gasteiger partial charge is 0.0671 e. The first-order valence-electron chi connectivity index (χ1n) is 8.69. The predicted octanol–water partition coefficient (Wildman–Crippen LogP) is 5.54. The van der Waals surface area contributed by atoms with E-state index in [4.69, 9.17) is 0 Å². The Bertz CT molecular complexity index is 498. The van der Waals surface area contributed by atoms with Crippen LogP contribution in [-0.2, 0) is 0 Å². The molecule has 1 saturated heterocycles. The molecule has 0 aliphatic carbocycles. The molecule has 0 bridgehead atoms. The van der Waals surface area contributed by atoms with Crippen LogP contribution in [0.2, 0.25) is 17.1 Å². The summed E-state index contributed by atoms with van der Waals surface area (Å²) < 4.78 is 0. The van der Waals surface area contributed by atoms with Crippen LogP contribution < -0.4 is 0 Å². The minimum Gasteiger partial charge on any atom is -0.393 e. The summed E-state index contributed by atoms with van der Waals surface area (Å²) in [4.78, 5) is 0. The molecule has 0 saturated carbocycles. The highest BCUT2D eigenvalue weighted by Gasteiger charge is 2.52. The van der Waals surface area contributed by atoms with Gasteiger partial charge in [0.2, 0.25) is 0 Å². The SMILES string of the molecule is C=C(C)[C@H]1C[Si](C(C)C)(C(C)C)[C@H](c2ccccc2)C[C@H]1O. The second-order valence-electron chi connectivity index (χ2n) is 7.85. The van der Waals surface area contributed by atoms with Gasteiger partial charge in [0.15, 0.2) is 0 Å². The van der Waals surface area contributed by atoms with Crippen LogP contribution in [0.25, 0.3) is 0 Å². The first kappa shape index (κ1) is 17.5. The average Bonchev–Trinajstić information content (AvgIpc) is 2.47. The molecule has 1 aromatic rings. The van der Waals surface area contributed by atoms with Crippen LogP contribution in [-0.4, -0.2) is 19.3 Å². The van der Waals surface area contributed by atoms with Crippen LogP contribution in [0.3, 0.4) is 0 Å². The first-order chi connectivity index (χ1) is 10.3. The Morgan fingerprint density at radius 3 is 2.14 bits per heavy atom. The monoisotopic (exact) mass is 316 g/mol. The lowest BCUT2D eigenvalue weighted by atomic mass is 9.91. The molecule has 0 radical (unpaired) electrons. The van der Waals surface area contributed by atoms with Crippen LogP contribution in [0.1, 0.15) is 52.1 Å². The van der Waals surface area contributed by atoms with Crippen LogP contribution in [0.15, 0.2) is 42.5 Å². The van der Waals surface area contributed by atoms with Crippen LogP contribution in [0, 0.1) is 5.92 Å². The van der Waals surface area contributed by atoms with Gasteiger partial charge in [0.1, 0.15) is 0 Å². The number of benzene rings is 1. The molecule has 3 atom stereocenters. The maximum Gasteiger partial charge on any atom is 0.0671 e. The zero-order chi connectivity index (χ0) is 16.5. The first-order valence-corrected chi connectivity index (χ1v) is 11.1. The highest BCUT2D eigenvalue weighted by Crippen LogP contribution is 2.54. The second-order valence-corrected chi connectivity index (χ2v) is 13.5. The van der Waals surface area contributed by atoms with Gasteiger partial charge in [-0.15, -0.1) is 0 Å². The zero-order valence-electron chi connectivity index (χ0n) is 14.8. The standard InChI is InChI=1S/C20H32OSi/c1-14(2)18-13-22(15(3)4,16(5)6)20(12-19(18)21)17-10-8-7-9-11-17/h7-11,15-16,18-21H,1,12-13H2,2-6H3/t18-,19-,20+/m1/s1. The van der Waals surface area contributed by atoms with E-state index in [1.807, 2.05) is 0 Å². The number of hydrogen-bond acceptors (Lipinski definition) is 1. The summed E-state index contributed by atoms with van der Waals surface area (Å²) in [5, 5.41) is 10.7. The minimum absolute atomic E-state index is 0.235. The van der Waals surface area contributed by atoms with Crippen molar-refractivity contribution in [1.82, 2.24) is 0 Å². The van der Waals surface area contributed by atoms with Crippen molar-refractivity contribution in [2.45, 2.75) is 69.8 Å². The Balaban J connectivity index is 2.51. The largest absolute Gasteiger partial charge is 0.393 e. The molecule has 22 heavy (non-hydrogen) atoms. The highest BCUT2D eigenvalue weighted by atomic mass is 28.3. The predicted molar refractivity (Wildman–Crippen MR) is 98.9 cm³/mol. The molecule has 0 amide bonds. The zero-order valence-corrected chi connectivity index (χ0v) is 15.8. The van der Waals surface area contributed by atoms with Crippen molar-refractivity contribution in [1.29, 1.82) is 0 Å². The Morgan fingerprint density at radius 2 is 1.68 bits per heavy atom. The van der Waals surface area contributed by atoms with E-state index in [0.717, 1.165) is 12.0 Å². The van der Waals surface area contributed by atoms with Gasteiger partial charge in [-0.05, 0) is 30.5 Å². The van der Waals surface area contributed by atoms with Crippen molar-refractivity contribution < 1.29 is 5.11 Å². The molecule has 1 nitrogen and oxygen atoms in total. The molecule has 2 rings (SSSR count). The van der Waals surface area contributed by atoms with Gasteiger partial charge in [-0.25, -0.2) is 0 Å². The fourth-order valence-electron chi connectivity index (χ4n) is 4.86. The van der Waals surface area contributed by atoms with Crippen molar-refractivity contribution in [3.8, 4) is 0 Å². The van der Waals surface area contributed by atoms with E-state index >= 15 is 0 Å². The van der Waals surface area contributed by atoms with Crippen molar-refractivity contribution in [2.24, 2.45) is 5.92 Å². The van der Waals surface area contributed by atoms with Crippen LogP contribution in [0.4, 0.5) is 0 Å². The molecule has 1 aromatic carbocycles. The lowest BCUT2D eigenvalue weighted by molar-refractivity contribution is 0.111. The Hall–Kier alpha value is -0.863. The molecule has 0 spiro atoms. The van der Waals surface area contributed by atoms with E-state index in [-0.39, 0.29) is 12.0 Å². The fourth-order valence-corrected chi connectivity index (χ4v) is 11.9. The lowest BCUT2D eigenvalue weighted by Gasteiger charge is -2.53. The number of hydrogen-bond donors (Lipinski definition) is 1. The third-order valence-electron chi connectivity index (χ3n) is 6.15. The van der Waals surface area contributed by atoms with E-state index in [0.29, 0.717) is 16.6 Å². The van der Waals surface area contributed by atoms with Gasteiger partial charge in [-0.2, -0.15) is 0 Å². The molecule has 2 heteroatoms. The molecule has 1 heterocycles. The lowest BCUT2D eigenvalue weighted by Crippen LogP contribution is -2.55. The number of rotatable bonds is 4. The summed E-state index contributed by atoms with van der Waals surface area (Å²) in [5.41, 5.74) is 4.59. The molecule has 122 valence electrons. The van der Waals surface area contributed by atoms with Crippen molar-refractivity contribution in [3.63, 3.8) is 0 Å². The third-order valence-corrected chi connectivity index (χ3v) is 13.5. The van der Waals surface area contributed by atoms with Gasteiger partial charge in [-0.3, -0.25) is 0 Å². The Kier molecular flexibility index (Phi) is 5.34. The third kappa shape index (κ3) is 2.96. The van der Waals surface area contributed by atoms with Gasteiger partial charge in [-0.1, -0.05) is 81.3 Å². The van der Waals surface area contributed by atoms with E-state index in [1.54, 1.807) is 0 Å². The highest BCUT2D eigenvalue weighted by molar-refractivity contribution is 6.83. The summed E-state index contributed by atoms with van der Waals surface area (Å²) in [6.07, 6.45) is 0.672. The van der Waals surface area contributed by atoms with Crippen molar-refractivity contribution in [3.05, 3.63) is 48.0 Å². The molecule has 1 aliphatic heterocycles. The van der Waals surface area contributed by atoms with Gasteiger partial charge >= 0.3 is 0 Å². The summed E-state index contributed by atoms with van der Waals surface area (Å²) in [6, 6.07) is 12.1. The molecule has 1 fully saturated rings. The van der Waals surface area contributed by atoms with E-state index < -0.39 is 8.07 Å². The van der Waals surface area contributed by atoms with Gasteiger partial charge in [0, 0.05) is 5.92 Å². The molecular formula is C20H32OSi. The van der Waals surface area contributed by atoms with E-state index in [1.165, 1.54) is 11.6 Å². The molecular weight excluding hydrogens is 284 g/mol. The van der Waals surface area contributed by atoms with Gasteiger partial charge in [0.25, 0.3) is 0 Å². The second kappa shape index (κ2) is 6.72. The minimum atomic E-state index is -1.60. The number of aliphatic hydroxyl groups excluding tert-OH is 1. The quantitative estimate of drug-likeness (QED) is 0.571. The molecule has 1 aliphatic rings. The van der Waals surface area contributed by atoms with Crippen molar-refractivity contribution >= 4 is 8.07 Å². The average molecular weight is 317 g/mol. The Morgan fingerprint density at radius 1 is 1.14 bits per heavy atom. The molecule has 1 N–H and O–H groups in total. The van der Waals surface area contributed by atoms with E-state index in [9.17, 15) is 5.11 Å². The van der Waals surface area contributed by atoms with Crippen molar-refractivity contribution in [2.75, 3.05) is 0 Å². The maximum absolute atomic E-state index is 10.7. The Labute approximate surface area is 137 Å².